The number of carbonyl (C=O) groups is 2. The lowest BCUT2D eigenvalue weighted by molar-refractivity contribution is -0.147. The molecule has 1 aromatic rings. The highest BCUT2D eigenvalue weighted by atomic mass is 16.3. The number of rotatable bonds is 2. The number of aryl methyl sites for hydroxylation is 1. The summed E-state index contributed by atoms with van der Waals surface area (Å²) in [5.74, 6) is 0.190. The van der Waals surface area contributed by atoms with Gasteiger partial charge in [0.05, 0.1) is 23.4 Å². The van der Waals surface area contributed by atoms with Crippen LogP contribution in [0, 0.1) is 11.3 Å². The van der Waals surface area contributed by atoms with Gasteiger partial charge in [-0.2, -0.15) is 5.10 Å². The molecule has 0 bridgehead atoms. The van der Waals surface area contributed by atoms with Gasteiger partial charge < -0.3 is 14.9 Å². The first-order valence-electron chi connectivity index (χ1n) is 8.76. The van der Waals surface area contributed by atoms with E-state index in [-0.39, 0.29) is 23.8 Å². The topological polar surface area (TPSA) is 78.7 Å². The zero-order valence-electron chi connectivity index (χ0n) is 14.0. The summed E-state index contributed by atoms with van der Waals surface area (Å²) < 4.78 is 1.70. The first-order valence-corrected chi connectivity index (χ1v) is 8.76. The zero-order chi connectivity index (χ0) is 16.9. The van der Waals surface area contributed by atoms with Crippen LogP contribution in [-0.4, -0.2) is 57.3 Å². The predicted octanol–water partition coefficient (Wildman–Crippen LogP) is 0.536. The number of hydrogen-bond donors (Lipinski definition) is 1. The van der Waals surface area contributed by atoms with E-state index < -0.39 is 5.41 Å². The first kappa shape index (κ1) is 15.6. The molecule has 1 saturated carbocycles. The molecule has 0 unspecified atom stereocenters. The zero-order valence-corrected chi connectivity index (χ0v) is 14.0. The number of aromatic nitrogens is 2. The minimum absolute atomic E-state index is 0.0546. The molecule has 0 aromatic carbocycles. The molecule has 1 aliphatic carbocycles. The fourth-order valence-corrected chi connectivity index (χ4v) is 4.36. The number of likely N-dealkylation sites (tertiary alicyclic amines) is 1. The molecule has 2 amide bonds. The molecule has 130 valence electrons. The van der Waals surface area contributed by atoms with Crippen molar-refractivity contribution in [1.82, 2.24) is 14.7 Å². The Hall–Kier alpha value is -1.89. The third-order valence-electron chi connectivity index (χ3n) is 5.87. The summed E-state index contributed by atoms with van der Waals surface area (Å²) in [6.07, 6.45) is 6.89. The maximum absolute atomic E-state index is 13.1. The van der Waals surface area contributed by atoms with Crippen LogP contribution in [-0.2, 0) is 16.6 Å². The maximum atomic E-state index is 13.1. The van der Waals surface area contributed by atoms with E-state index in [1.165, 1.54) is 0 Å². The Morgan fingerprint density at radius 2 is 2.12 bits per heavy atom. The van der Waals surface area contributed by atoms with E-state index in [0.717, 1.165) is 31.5 Å². The van der Waals surface area contributed by atoms with Gasteiger partial charge >= 0.3 is 0 Å². The summed E-state index contributed by atoms with van der Waals surface area (Å²) in [4.78, 5) is 29.4. The van der Waals surface area contributed by atoms with E-state index in [1.54, 1.807) is 10.9 Å². The minimum Gasteiger partial charge on any atom is -0.393 e. The Labute approximate surface area is 141 Å². The Bertz CT molecular complexity index is 667. The Morgan fingerprint density at radius 1 is 1.33 bits per heavy atom. The van der Waals surface area contributed by atoms with Gasteiger partial charge in [-0.1, -0.05) is 0 Å². The number of aliphatic hydroxyl groups excluding tert-OH is 1. The molecule has 4 rings (SSSR count). The molecule has 3 fully saturated rings. The molecule has 2 saturated heterocycles. The summed E-state index contributed by atoms with van der Waals surface area (Å²) in [7, 11) is 1.84. The largest absolute Gasteiger partial charge is 0.393 e. The second kappa shape index (κ2) is 5.58. The molecule has 1 spiro atoms. The molecule has 2 aliphatic heterocycles. The lowest BCUT2D eigenvalue weighted by atomic mass is 9.76. The van der Waals surface area contributed by atoms with Crippen LogP contribution in [0.1, 0.15) is 32.1 Å². The van der Waals surface area contributed by atoms with Crippen LogP contribution >= 0.6 is 0 Å². The third kappa shape index (κ3) is 2.42. The van der Waals surface area contributed by atoms with Crippen molar-refractivity contribution in [3.05, 3.63) is 12.4 Å². The summed E-state index contributed by atoms with van der Waals surface area (Å²) in [6, 6.07) is 0. The number of nitrogens with zero attached hydrogens (tertiary/aromatic N) is 4. The number of amides is 2. The predicted molar refractivity (Wildman–Crippen MR) is 87.2 cm³/mol. The monoisotopic (exact) mass is 332 g/mol. The number of hydrogen-bond acceptors (Lipinski definition) is 4. The van der Waals surface area contributed by atoms with Crippen LogP contribution < -0.4 is 4.90 Å². The van der Waals surface area contributed by atoms with Crippen molar-refractivity contribution in [3.63, 3.8) is 0 Å². The Balaban J connectivity index is 1.48. The van der Waals surface area contributed by atoms with Gasteiger partial charge in [-0.25, -0.2) is 0 Å². The van der Waals surface area contributed by atoms with Gasteiger partial charge in [-0.05, 0) is 32.1 Å². The number of piperidine rings is 1. The van der Waals surface area contributed by atoms with Crippen LogP contribution in [0.4, 0.5) is 5.69 Å². The van der Waals surface area contributed by atoms with E-state index >= 15 is 0 Å². The fraction of sp³-hybridized carbons (Fsp3) is 0.706. The molecule has 1 atom stereocenters. The van der Waals surface area contributed by atoms with Gasteiger partial charge in [-0.3, -0.25) is 14.3 Å². The highest BCUT2D eigenvalue weighted by Crippen LogP contribution is 2.42. The van der Waals surface area contributed by atoms with Crippen molar-refractivity contribution in [2.45, 2.75) is 38.2 Å². The van der Waals surface area contributed by atoms with E-state index in [2.05, 4.69) is 5.10 Å². The molecule has 3 heterocycles. The van der Waals surface area contributed by atoms with E-state index in [0.29, 0.717) is 25.9 Å². The molecule has 3 aliphatic rings. The summed E-state index contributed by atoms with van der Waals surface area (Å²) in [5, 5.41) is 13.6. The molecule has 0 radical (unpaired) electrons. The molecule has 7 nitrogen and oxygen atoms in total. The molecule has 1 N–H and O–H groups in total. The van der Waals surface area contributed by atoms with Crippen molar-refractivity contribution in [1.29, 1.82) is 0 Å². The van der Waals surface area contributed by atoms with Crippen LogP contribution in [0.3, 0.4) is 0 Å². The normalized spacial score (nSPS) is 33.2. The minimum atomic E-state index is -0.438. The SMILES string of the molecule is Cn1cc(N2CC[C@]3(CCCN(C(=O)C4CC(O)C4)C3)C2=O)cn1. The molecule has 24 heavy (non-hydrogen) atoms. The lowest BCUT2D eigenvalue weighted by Gasteiger charge is -2.42. The number of carbonyl (C=O) groups excluding carboxylic acids is 2. The molecule has 7 heteroatoms. The van der Waals surface area contributed by atoms with Crippen LogP contribution in [0.2, 0.25) is 0 Å². The second-order valence-corrected chi connectivity index (χ2v) is 7.54. The molecular formula is C17H24N4O3. The van der Waals surface area contributed by atoms with E-state index in [1.807, 2.05) is 23.0 Å². The average Bonchev–Trinajstić information content (AvgIpc) is 3.09. The van der Waals surface area contributed by atoms with Gasteiger partial charge in [0, 0.05) is 38.8 Å². The third-order valence-corrected chi connectivity index (χ3v) is 5.87. The number of anilines is 1. The molecule has 1 aromatic heterocycles. The van der Waals surface area contributed by atoms with Gasteiger partial charge in [0.1, 0.15) is 0 Å². The van der Waals surface area contributed by atoms with Crippen molar-refractivity contribution >= 4 is 17.5 Å². The Morgan fingerprint density at radius 3 is 2.79 bits per heavy atom. The quantitative estimate of drug-likeness (QED) is 0.857. The second-order valence-electron chi connectivity index (χ2n) is 7.54. The Kier molecular flexibility index (Phi) is 3.63. The smallest absolute Gasteiger partial charge is 0.235 e. The number of aliphatic hydroxyl groups is 1. The van der Waals surface area contributed by atoms with E-state index in [4.69, 9.17) is 0 Å². The van der Waals surface area contributed by atoms with Gasteiger partial charge in [0.15, 0.2) is 0 Å². The van der Waals surface area contributed by atoms with Gasteiger partial charge in [0.25, 0.3) is 0 Å². The van der Waals surface area contributed by atoms with E-state index in [9.17, 15) is 14.7 Å². The van der Waals surface area contributed by atoms with Gasteiger partial charge in [-0.15, -0.1) is 0 Å². The average molecular weight is 332 g/mol. The standard InChI is InChI=1S/C17H24N4O3/c1-19-10-13(9-18-19)21-6-4-17(16(21)24)3-2-5-20(11-17)15(23)12-7-14(22)8-12/h9-10,12,14,22H,2-8,11H2,1H3/t12?,14?,17-/m0/s1. The summed E-state index contributed by atoms with van der Waals surface area (Å²) in [5.41, 5.74) is 0.400. The fourth-order valence-electron chi connectivity index (χ4n) is 4.36. The summed E-state index contributed by atoms with van der Waals surface area (Å²) in [6.45, 7) is 1.94. The summed E-state index contributed by atoms with van der Waals surface area (Å²) >= 11 is 0. The van der Waals surface area contributed by atoms with Crippen molar-refractivity contribution in [2.75, 3.05) is 24.5 Å². The van der Waals surface area contributed by atoms with Crippen molar-refractivity contribution in [3.8, 4) is 0 Å². The van der Waals surface area contributed by atoms with Crippen LogP contribution in [0.25, 0.3) is 0 Å². The maximum Gasteiger partial charge on any atom is 0.235 e. The van der Waals surface area contributed by atoms with Gasteiger partial charge in [0.2, 0.25) is 11.8 Å². The first-order chi connectivity index (χ1) is 11.5. The van der Waals surface area contributed by atoms with Crippen LogP contribution in [0.15, 0.2) is 12.4 Å². The van der Waals surface area contributed by atoms with Crippen molar-refractivity contribution < 1.29 is 14.7 Å². The highest BCUT2D eigenvalue weighted by molar-refractivity contribution is 6.00. The molecular weight excluding hydrogens is 308 g/mol. The van der Waals surface area contributed by atoms with Crippen LogP contribution in [0.5, 0.6) is 0 Å². The van der Waals surface area contributed by atoms with Crippen molar-refractivity contribution in [2.24, 2.45) is 18.4 Å². The highest BCUT2D eigenvalue weighted by Gasteiger charge is 2.51. The lowest BCUT2D eigenvalue weighted by Crippen LogP contribution is -2.53.